The minimum Gasteiger partial charge on any atom is -0.338 e. The highest BCUT2D eigenvalue weighted by Gasteiger charge is 2.10. The molecule has 36 heavy (non-hydrogen) atoms. The van der Waals surface area contributed by atoms with Crippen molar-refractivity contribution in [2.24, 2.45) is 0 Å². The summed E-state index contributed by atoms with van der Waals surface area (Å²) in [7, 11) is 7.75. The molecule has 0 amide bonds. The summed E-state index contributed by atoms with van der Waals surface area (Å²) in [5.74, 6) is 1.72. The Morgan fingerprint density at radius 3 is 1.89 bits per heavy atom. The van der Waals surface area contributed by atoms with Crippen molar-refractivity contribution in [2.75, 3.05) is 41.3 Å². The fraction of sp³-hybridized carbons (Fsp3) is 0.286. The summed E-state index contributed by atoms with van der Waals surface area (Å²) in [6, 6.07) is 21.0. The molecule has 0 fully saturated rings. The summed E-state index contributed by atoms with van der Waals surface area (Å²) in [4.78, 5) is 24.0. The number of benzene rings is 3. The van der Waals surface area contributed by atoms with Crippen LogP contribution in [0.4, 0.5) is 0 Å². The van der Waals surface area contributed by atoms with Gasteiger partial charge in [-0.3, -0.25) is 0 Å². The van der Waals surface area contributed by atoms with E-state index in [0.717, 1.165) is 70.0 Å². The van der Waals surface area contributed by atoms with Crippen molar-refractivity contribution in [1.82, 2.24) is 35.2 Å². The Hall–Kier alpha value is -3.56. The van der Waals surface area contributed by atoms with Crippen LogP contribution < -0.4 is 5.32 Å². The molecule has 0 aliphatic heterocycles. The predicted octanol–water partition coefficient (Wildman–Crippen LogP) is 4.42. The van der Waals surface area contributed by atoms with Crippen molar-refractivity contribution >= 4 is 22.1 Å². The molecule has 0 saturated carbocycles. The zero-order valence-electron chi connectivity index (χ0n) is 21.3. The Labute approximate surface area is 211 Å². The van der Waals surface area contributed by atoms with E-state index in [-0.39, 0.29) is 0 Å². The van der Waals surface area contributed by atoms with Crippen molar-refractivity contribution in [1.29, 1.82) is 0 Å². The molecule has 0 saturated heterocycles. The molecule has 2 aromatic heterocycles. The Balaban J connectivity index is 1.31. The molecule has 0 unspecified atom stereocenters. The smallest absolute Gasteiger partial charge is 0.138 e. The first kappa shape index (κ1) is 24.1. The minimum atomic E-state index is 0.704. The highest BCUT2D eigenvalue weighted by Crippen LogP contribution is 2.26. The van der Waals surface area contributed by atoms with Gasteiger partial charge in [0.1, 0.15) is 11.6 Å². The summed E-state index contributed by atoms with van der Waals surface area (Å²) in [6.07, 6.45) is 0. The second-order valence-electron chi connectivity index (χ2n) is 9.40. The van der Waals surface area contributed by atoms with Gasteiger partial charge in [0.05, 0.1) is 29.2 Å². The van der Waals surface area contributed by atoms with Gasteiger partial charge in [0.15, 0.2) is 0 Å². The van der Waals surface area contributed by atoms with Crippen LogP contribution >= 0.6 is 0 Å². The van der Waals surface area contributed by atoms with Crippen molar-refractivity contribution in [3.8, 4) is 22.8 Å². The van der Waals surface area contributed by atoms with Crippen LogP contribution in [0.5, 0.6) is 0 Å². The molecule has 0 radical (unpaired) electrons. The SMILES string of the molecule is CON(C)Cc1ccc2[nH]c(-c3ccc(-c4nc5cc(CNCCN(C)C)ccc5[nH]4)cc3)nc2c1. The van der Waals surface area contributed by atoms with E-state index in [4.69, 9.17) is 14.8 Å². The first-order valence-corrected chi connectivity index (χ1v) is 12.2. The summed E-state index contributed by atoms with van der Waals surface area (Å²) in [5, 5.41) is 5.27. The van der Waals surface area contributed by atoms with Crippen LogP contribution in [0.2, 0.25) is 0 Å². The Morgan fingerprint density at radius 2 is 1.33 bits per heavy atom. The minimum absolute atomic E-state index is 0.704. The summed E-state index contributed by atoms with van der Waals surface area (Å²) in [5.41, 5.74) is 8.44. The molecule has 0 spiro atoms. The fourth-order valence-electron chi connectivity index (χ4n) is 4.23. The molecule has 3 aromatic carbocycles. The molecule has 3 N–H and O–H groups in total. The third-order valence-corrected chi connectivity index (χ3v) is 6.31. The molecule has 5 aromatic rings. The number of hydroxylamine groups is 2. The third-order valence-electron chi connectivity index (χ3n) is 6.31. The number of imidazole rings is 2. The lowest BCUT2D eigenvalue weighted by Gasteiger charge is -2.12. The maximum absolute atomic E-state index is 5.23. The second-order valence-corrected chi connectivity index (χ2v) is 9.40. The van der Waals surface area contributed by atoms with Gasteiger partial charge in [-0.05, 0) is 49.5 Å². The predicted molar refractivity (Wildman–Crippen MR) is 145 cm³/mol. The van der Waals surface area contributed by atoms with Gasteiger partial charge in [-0.15, -0.1) is 0 Å². The van der Waals surface area contributed by atoms with Crippen LogP contribution in [0.3, 0.4) is 0 Å². The van der Waals surface area contributed by atoms with Crippen LogP contribution in [0.15, 0.2) is 60.7 Å². The largest absolute Gasteiger partial charge is 0.338 e. The second kappa shape index (κ2) is 10.6. The van der Waals surface area contributed by atoms with Crippen LogP contribution in [0.1, 0.15) is 11.1 Å². The van der Waals surface area contributed by atoms with Gasteiger partial charge in [0.25, 0.3) is 0 Å². The van der Waals surface area contributed by atoms with E-state index in [0.29, 0.717) is 6.54 Å². The van der Waals surface area contributed by atoms with Gasteiger partial charge in [-0.2, -0.15) is 5.06 Å². The normalized spacial score (nSPS) is 11.9. The number of likely N-dealkylation sites (N-methyl/N-ethyl adjacent to an activating group) is 1. The topological polar surface area (TPSA) is 85.1 Å². The van der Waals surface area contributed by atoms with Gasteiger partial charge < -0.3 is 25.0 Å². The van der Waals surface area contributed by atoms with Crippen LogP contribution in [-0.2, 0) is 17.9 Å². The van der Waals surface area contributed by atoms with Gasteiger partial charge in [0.2, 0.25) is 0 Å². The third kappa shape index (κ3) is 5.47. The molecule has 0 atom stereocenters. The van der Waals surface area contributed by atoms with Crippen LogP contribution in [-0.4, -0.2) is 71.2 Å². The van der Waals surface area contributed by atoms with Gasteiger partial charge in [-0.25, -0.2) is 9.97 Å². The molecular weight excluding hydrogens is 450 g/mol. The number of nitrogens with one attached hydrogen (secondary N) is 3. The molecular formula is C28H33N7O. The van der Waals surface area contributed by atoms with E-state index in [1.165, 1.54) is 5.56 Å². The summed E-state index contributed by atoms with van der Waals surface area (Å²) < 4.78 is 0. The van der Waals surface area contributed by atoms with E-state index in [9.17, 15) is 0 Å². The lowest BCUT2D eigenvalue weighted by Crippen LogP contribution is -2.26. The molecule has 0 aliphatic carbocycles. The van der Waals surface area contributed by atoms with Gasteiger partial charge in [-0.1, -0.05) is 36.4 Å². The molecule has 0 bridgehead atoms. The molecule has 8 nitrogen and oxygen atoms in total. The average Bonchev–Trinajstić information content (AvgIpc) is 3.50. The lowest BCUT2D eigenvalue weighted by molar-refractivity contribution is -0.116. The van der Waals surface area contributed by atoms with Crippen LogP contribution in [0.25, 0.3) is 44.8 Å². The summed E-state index contributed by atoms with van der Waals surface area (Å²) >= 11 is 0. The Morgan fingerprint density at radius 1 is 0.778 bits per heavy atom. The maximum atomic E-state index is 5.23. The monoisotopic (exact) mass is 483 g/mol. The quantitative estimate of drug-likeness (QED) is 0.201. The highest BCUT2D eigenvalue weighted by atomic mass is 16.7. The standard InChI is InChI=1S/C28H33N7O/c1-34(2)14-13-29-17-19-5-11-23-25(15-19)32-27(30-23)21-7-9-22(10-8-21)28-31-24-12-6-20(16-26(24)33-28)18-35(3)36-4/h5-12,15-16,29H,13-14,17-18H2,1-4H3,(H,30,32)(H,31,33). The van der Waals surface area contributed by atoms with Gasteiger partial charge in [0, 0.05) is 44.4 Å². The first-order valence-electron chi connectivity index (χ1n) is 12.2. The Kier molecular flexibility index (Phi) is 7.11. The first-order chi connectivity index (χ1) is 17.5. The van der Waals surface area contributed by atoms with Crippen molar-refractivity contribution in [2.45, 2.75) is 13.1 Å². The maximum Gasteiger partial charge on any atom is 0.138 e. The van der Waals surface area contributed by atoms with E-state index >= 15 is 0 Å². The fourth-order valence-corrected chi connectivity index (χ4v) is 4.23. The van der Waals surface area contributed by atoms with Crippen molar-refractivity contribution < 1.29 is 4.84 Å². The molecule has 2 heterocycles. The molecule has 186 valence electrons. The number of fused-ring (bicyclic) bond motifs is 2. The lowest BCUT2D eigenvalue weighted by atomic mass is 10.1. The van der Waals surface area contributed by atoms with Crippen molar-refractivity contribution in [3.05, 3.63) is 71.8 Å². The van der Waals surface area contributed by atoms with E-state index in [1.807, 2.05) is 7.05 Å². The number of hydrogen-bond acceptors (Lipinski definition) is 6. The van der Waals surface area contributed by atoms with Gasteiger partial charge >= 0.3 is 0 Å². The Bertz CT molecular complexity index is 1450. The van der Waals surface area contributed by atoms with Crippen molar-refractivity contribution in [3.63, 3.8) is 0 Å². The number of aromatic nitrogens is 4. The number of aromatic amines is 2. The average molecular weight is 484 g/mol. The number of rotatable bonds is 10. The van der Waals surface area contributed by atoms with E-state index < -0.39 is 0 Å². The zero-order chi connectivity index (χ0) is 25.1. The molecule has 0 aliphatic rings. The highest BCUT2D eigenvalue weighted by molar-refractivity contribution is 5.82. The van der Waals surface area contributed by atoms with Crippen LogP contribution in [0, 0.1) is 0 Å². The van der Waals surface area contributed by atoms with E-state index in [1.54, 1.807) is 12.2 Å². The number of H-pyrrole nitrogens is 2. The van der Waals surface area contributed by atoms with E-state index in [2.05, 4.69) is 94.9 Å². The number of nitrogens with zero attached hydrogens (tertiary/aromatic N) is 4. The molecule has 5 rings (SSSR count). The summed E-state index contributed by atoms with van der Waals surface area (Å²) in [6.45, 7) is 3.52. The zero-order valence-corrected chi connectivity index (χ0v) is 21.3. The number of hydrogen-bond donors (Lipinski definition) is 3. The molecule has 8 heteroatoms.